The zero-order valence-corrected chi connectivity index (χ0v) is 9.60. The molecule has 1 aromatic carbocycles. The minimum atomic E-state index is -0.824. The number of rotatable bonds is 2. The van der Waals surface area contributed by atoms with Gasteiger partial charge in [-0.25, -0.2) is 0 Å². The molecule has 15 heavy (non-hydrogen) atoms. The summed E-state index contributed by atoms with van der Waals surface area (Å²) in [4.78, 5) is 10.9. The quantitative estimate of drug-likeness (QED) is 0.868. The zero-order valence-electron chi connectivity index (χ0n) is 8.03. The summed E-state index contributed by atoms with van der Waals surface area (Å²) < 4.78 is 1.03. The molecule has 4 heteroatoms. The molecule has 0 aliphatic carbocycles. The second-order valence-corrected chi connectivity index (χ2v) is 4.68. The number of carboxylic acids is 1. The molecule has 1 unspecified atom stereocenters. The largest absolute Gasteiger partial charge is 0.481 e. The van der Waals surface area contributed by atoms with Crippen LogP contribution >= 0.6 is 22.9 Å². The summed E-state index contributed by atoms with van der Waals surface area (Å²) in [7, 11) is 0. The van der Waals surface area contributed by atoms with E-state index in [-0.39, 0.29) is 0 Å². The van der Waals surface area contributed by atoms with Crippen LogP contribution in [0.3, 0.4) is 0 Å². The lowest BCUT2D eigenvalue weighted by Gasteiger charge is -2.05. The van der Waals surface area contributed by atoms with Crippen molar-refractivity contribution >= 4 is 39.0 Å². The SMILES string of the molecule is CC(C(=O)O)c1csc2cccc(Cl)c12. The number of aliphatic carboxylic acids is 1. The van der Waals surface area contributed by atoms with E-state index in [9.17, 15) is 4.79 Å². The van der Waals surface area contributed by atoms with Gasteiger partial charge >= 0.3 is 5.97 Å². The first-order valence-electron chi connectivity index (χ1n) is 4.49. The van der Waals surface area contributed by atoms with Crippen molar-refractivity contribution in [3.05, 3.63) is 34.2 Å². The van der Waals surface area contributed by atoms with Gasteiger partial charge in [0.25, 0.3) is 0 Å². The smallest absolute Gasteiger partial charge is 0.310 e. The fraction of sp³-hybridized carbons (Fsp3) is 0.182. The van der Waals surface area contributed by atoms with Crippen LogP contribution in [0.15, 0.2) is 23.6 Å². The Bertz CT molecular complexity index is 518. The Labute approximate surface area is 96.1 Å². The van der Waals surface area contributed by atoms with Crippen LogP contribution in [-0.4, -0.2) is 11.1 Å². The standard InChI is InChI=1S/C11H9ClO2S/c1-6(11(13)14)7-5-15-9-4-2-3-8(12)10(7)9/h2-6H,1H3,(H,13,14). The molecule has 0 spiro atoms. The number of hydrogen-bond donors (Lipinski definition) is 1. The lowest BCUT2D eigenvalue weighted by atomic mass is 10.0. The minimum absolute atomic E-state index is 0.515. The zero-order chi connectivity index (χ0) is 11.0. The maximum Gasteiger partial charge on any atom is 0.310 e. The molecule has 1 N–H and O–H groups in total. The maximum atomic E-state index is 10.9. The average Bonchev–Trinajstić information content (AvgIpc) is 2.61. The van der Waals surface area contributed by atoms with Gasteiger partial charge in [0.1, 0.15) is 0 Å². The highest BCUT2D eigenvalue weighted by Gasteiger charge is 2.19. The Morgan fingerprint density at radius 1 is 1.53 bits per heavy atom. The predicted molar refractivity (Wildman–Crippen MR) is 62.9 cm³/mol. The molecule has 0 fully saturated rings. The van der Waals surface area contributed by atoms with Crippen molar-refractivity contribution in [1.82, 2.24) is 0 Å². The van der Waals surface area contributed by atoms with Gasteiger partial charge in [0.2, 0.25) is 0 Å². The summed E-state index contributed by atoms with van der Waals surface area (Å²) in [5.41, 5.74) is 0.799. The fourth-order valence-electron chi connectivity index (χ4n) is 1.52. The fourth-order valence-corrected chi connectivity index (χ4v) is 2.94. The molecule has 78 valence electrons. The number of halogens is 1. The van der Waals surface area contributed by atoms with Crippen molar-refractivity contribution < 1.29 is 9.90 Å². The predicted octanol–water partition coefficient (Wildman–Crippen LogP) is 3.74. The van der Waals surface area contributed by atoms with E-state index in [0.29, 0.717) is 5.02 Å². The second kappa shape index (κ2) is 3.83. The van der Waals surface area contributed by atoms with E-state index < -0.39 is 11.9 Å². The van der Waals surface area contributed by atoms with Gasteiger partial charge < -0.3 is 5.11 Å². The summed E-state index contributed by atoms with van der Waals surface area (Å²) in [6.07, 6.45) is 0. The molecule has 1 heterocycles. The normalized spacial score (nSPS) is 12.9. The van der Waals surface area contributed by atoms with Gasteiger partial charge in [-0.2, -0.15) is 0 Å². The number of benzene rings is 1. The molecular weight excluding hydrogens is 232 g/mol. The van der Waals surface area contributed by atoms with E-state index >= 15 is 0 Å². The molecule has 0 aliphatic heterocycles. The number of thiophene rings is 1. The van der Waals surface area contributed by atoms with E-state index in [4.69, 9.17) is 16.7 Å². The lowest BCUT2D eigenvalue weighted by Crippen LogP contribution is -2.06. The highest BCUT2D eigenvalue weighted by Crippen LogP contribution is 2.35. The third-order valence-corrected chi connectivity index (χ3v) is 3.69. The first-order chi connectivity index (χ1) is 7.11. The van der Waals surface area contributed by atoms with Crippen molar-refractivity contribution in [3.63, 3.8) is 0 Å². The van der Waals surface area contributed by atoms with Crippen LogP contribution in [-0.2, 0) is 4.79 Å². The van der Waals surface area contributed by atoms with Crippen molar-refractivity contribution in [2.24, 2.45) is 0 Å². The summed E-state index contributed by atoms with van der Waals surface area (Å²) in [6.45, 7) is 1.67. The van der Waals surface area contributed by atoms with Crippen LogP contribution in [0.1, 0.15) is 18.4 Å². The average molecular weight is 241 g/mol. The monoisotopic (exact) mass is 240 g/mol. The number of fused-ring (bicyclic) bond motifs is 1. The summed E-state index contributed by atoms with van der Waals surface area (Å²) in [6, 6.07) is 5.61. The Kier molecular flexibility index (Phi) is 2.67. The Balaban J connectivity index is 2.67. The minimum Gasteiger partial charge on any atom is -0.481 e. The highest BCUT2D eigenvalue weighted by atomic mass is 35.5. The van der Waals surface area contributed by atoms with Crippen LogP contribution in [0.5, 0.6) is 0 Å². The Hall–Kier alpha value is -1.06. The lowest BCUT2D eigenvalue weighted by molar-refractivity contribution is -0.138. The molecule has 0 bridgehead atoms. The van der Waals surface area contributed by atoms with Crippen LogP contribution in [0.4, 0.5) is 0 Å². The van der Waals surface area contributed by atoms with Crippen LogP contribution in [0.25, 0.3) is 10.1 Å². The van der Waals surface area contributed by atoms with Gasteiger partial charge in [0, 0.05) is 15.1 Å². The third kappa shape index (κ3) is 1.73. The van der Waals surface area contributed by atoms with E-state index in [2.05, 4.69) is 0 Å². The van der Waals surface area contributed by atoms with Gasteiger partial charge in [-0.1, -0.05) is 17.7 Å². The first-order valence-corrected chi connectivity index (χ1v) is 5.75. The third-order valence-electron chi connectivity index (χ3n) is 2.41. The molecule has 2 aromatic rings. The summed E-state index contributed by atoms with van der Waals surface area (Å²) >= 11 is 7.59. The van der Waals surface area contributed by atoms with Gasteiger partial charge in [-0.3, -0.25) is 4.79 Å². The second-order valence-electron chi connectivity index (χ2n) is 3.36. The van der Waals surface area contributed by atoms with Crippen LogP contribution < -0.4 is 0 Å². The maximum absolute atomic E-state index is 10.9. The van der Waals surface area contributed by atoms with Crippen molar-refractivity contribution in [1.29, 1.82) is 0 Å². The molecule has 2 nitrogen and oxygen atoms in total. The highest BCUT2D eigenvalue weighted by molar-refractivity contribution is 7.17. The van der Waals surface area contributed by atoms with Crippen LogP contribution in [0.2, 0.25) is 5.02 Å². The van der Waals surface area contributed by atoms with Crippen molar-refractivity contribution in [2.45, 2.75) is 12.8 Å². The molecule has 1 atom stereocenters. The van der Waals surface area contributed by atoms with E-state index in [1.165, 1.54) is 11.3 Å². The first kappa shape index (κ1) is 10.5. The number of carboxylic acid groups (broad SMARTS) is 1. The molecule has 0 amide bonds. The summed E-state index contributed by atoms with van der Waals surface area (Å²) in [5, 5.41) is 12.3. The Morgan fingerprint density at radius 2 is 2.27 bits per heavy atom. The van der Waals surface area contributed by atoms with Gasteiger partial charge in [0.05, 0.1) is 5.92 Å². The van der Waals surface area contributed by atoms with E-state index in [1.807, 2.05) is 17.5 Å². The molecule has 0 saturated heterocycles. The van der Waals surface area contributed by atoms with Gasteiger partial charge in [-0.05, 0) is 30.0 Å². The Morgan fingerprint density at radius 3 is 2.93 bits per heavy atom. The molecule has 0 aliphatic rings. The van der Waals surface area contributed by atoms with Crippen LogP contribution in [0, 0.1) is 0 Å². The van der Waals surface area contributed by atoms with E-state index in [1.54, 1.807) is 13.0 Å². The molecular formula is C11H9ClO2S. The van der Waals surface area contributed by atoms with Gasteiger partial charge in [0.15, 0.2) is 0 Å². The molecule has 2 rings (SSSR count). The van der Waals surface area contributed by atoms with Crippen molar-refractivity contribution in [2.75, 3.05) is 0 Å². The van der Waals surface area contributed by atoms with E-state index in [0.717, 1.165) is 15.6 Å². The molecule has 1 aromatic heterocycles. The number of carbonyl (C=O) groups is 1. The molecule has 0 saturated carbocycles. The number of hydrogen-bond acceptors (Lipinski definition) is 2. The summed E-state index contributed by atoms with van der Waals surface area (Å²) in [5.74, 6) is -1.34. The molecule has 0 radical (unpaired) electrons. The van der Waals surface area contributed by atoms with Gasteiger partial charge in [-0.15, -0.1) is 11.3 Å². The topological polar surface area (TPSA) is 37.3 Å². The van der Waals surface area contributed by atoms with Crippen molar-refractivity contribution in [3.8, 4) is 0 Å².